The first-order valence-corrected chi connectivity index (χ1v) is 3.96. The quantitative estimate of drug-likeness (QED) is 0.615. The lowest BCUT2D eigenvalue weighted by Gasteiger charge is -2.12. The first-order valence-electron chi connectivity index (χ1n) is 3.01. The van der Waals surface area contributed by atoms with Crippen LogP contribution in [0.4, 0.5) is 5.69 Å². The maximum Gasteiger partial charge on any atom is 0.139 e. The minimum absolute atomic E-state index is 0.469. The minimum Gasteiger partial charge on any atom is -0.367 e. The molecule has 0 bridgehead atoms. The van der Waals surface area contributed by atoms with Crippen molar-refractivity contribution in [3.63, 3.8) is 0 Å². The van der Waals surface area contributed by atoms with Crippen molar-refractivity contribution in [2.75, 3.05) is 18.5 Å². The van der Waals surface area contributed by atoms with Crippen LogP contribution in [0.3, 0.4) is 0 Å². The van der Waals surface area contributed by atoms with E-state index in [1.807, 2.05) is 28.8 Å². The van der Waals surface area contributed by atoms with Gasteiger partial charge in [-0.25, -0.2) is 0 Å². The van der Waals surface area contributed by atoms with E-state index in [1.54, 1.807) is 11.3 Å². The summed E-state index contributed by atoms with van der Waals surface area (Å²) < 4.78 is 0. The average Bonchev–Trinajstić information content (AvgIpc) is 2.38. The molecular formula is C7H9NOS. The fourth-order valence-corrected chi connectivity index (χ4v) is 1.39. The van der Waals surface area contributed by atoms with Crippen molar-refractivity contribution in [3.05, 3.63) is 16.8 Å². The molecule has 0 amide bonds. The van der Waals surface area contributed by atoms with Crippen LogP contribution in [-0.4, -0.2) is 19.9 Å². The third kappa shape index (κ3) is 1.57. The van der Waals surface area contributed by atoms with Gasteiger partial charge in [0.2, 0.25) is 0 Å². The van der Waals surface area contributed by atoms with Crippen molar-refractivity contribution in [1.82, 2.24) is 0 Å². The Kier molecular flexibility index (Phi) is 2.45. The lowest BCUT2D eigenvalue weighted by Crippen LogP contribution is -2.18. The summed E-state index contributed by atoms with van der Waals surface area (Å²) >= 11 is 1.64. The Morgan fingerprint density at radius 3 is 3.10 bits per heavy atom. The molecule has 54 valence electrons. The molecule has 10 heavy (non-hydrogen) atoms. The standard InChI is InChI=1S/C7H9NOS/c1-8(3-4-9)7-2-5-10-6-7/h2,4-6H,3H2,1H3. The van der Waals surface area contributed by atoms with Crippen LogP contribution in [0.25, 0.3) is 0 Å². The van der Waals surface area contributed by atoms with Gasteiger partial charge in [-0.05, 0) is 11.4 Å². The molecule has 0 aromatic carbocycles. The number of likely N-dealkylation sites (N-methyl/N-ethyl adjacent to an activating group) is 1. The lowest BCUT2D eigenvalue weighted by molar-refractivity contribution is -0.106. The second-order valence-electron chi connectivity index (χ2n) is 2.03. The van der Waals surface area contributed by atoms with Crippen LogP contribution in [0.1, 0.15) is 0 Å². The summed E-state index contributed by atoms with van der Waals surface area (Å²) in [5, 5.41) is 4.01. The number of anilines is 1. The molecule has 0 saturated heterocycles. The highest BCUT2D eigenvalue weighted by Crippen LogP contribution is 2.15. The zero-order valence-electron chi connectivity index (χ0n) is 5.78. The molecule has 0 saturated carbocycles. The van der Waals surface area contributed by atoms with Gasteiger partial charge in [0.25, 0.3) is 0 Å². The Balaban J connectivity index is 2.58. The van der Waals surface area contributed by atoms with Crippen molar-refractivity contribution >= 4 is 23.3 Å². The summed E-state index contributed by atoms with van der Waals surface area (Å²) in [6.07, 6.45) is 0.900. The number of hydrogen-bond acceptors (Lipinski definition) is 3. The Morgan fingerprint density at radius 1 is 1.80 bits per heavy atom. The Morgan fingerprint density at radius 2 is 2.60 bits per heavy atom. The molecule has 0 unspecified atom stereocenters. The van der Waals surface area contributed by atoms with E-state index in [2.05, 4.69) is 0 Å². The number of carbonyl (C=O) groups is 1. The van der Waals surface area contributed by atoms with Crippen molar-refractivity contribution in [2.45, 2.75) is 0 Å². The van der Waals surface area contributed by atoms with Crippen molar-refractivity contribution in [2.24, 2.45) is 0 Å². The van der Waals surface area contributed by atoms with Crippen LogP contribution in [0, 0.1) is 0 Å². The topological polar surface area (TPSA) is 20.3 Å². The molecule has 0 aliphatic heterocycles. The summed E-state index contributed by atoms with van der Waals surface area (Å²) in [4.78, 5) is 12.0. The molecule has 0 atom stereocenters. The van der Waals surface area contributed by atoms with Crippen LogP contribution in [-0.2, 0) is 4.79 Å². The van der Waals surface area contributed by atoms with E-state index < -0.39 is 0 Å². The van der Waals surface area contributed by atoms with Crippen molar-refractivity contribution < 1.29 is 4.79 Å². The van der Waals surface area contributed by atoms with Gasteiger partial charge >= 0.3 is 0 Å². The fourth-order valence-electron chi connectivity index (χ4n) is 0.692. The first-order chi connectivity index (χ1) is 4.84. The van der Waals surface area contributed by atoms with Crippen LogP contribution < -0.4 is 4.90 Å². The zero-order chi connectivity index (χ0) is 7.40. The van der Waals surface area contributed by atoms with Gasteiger partial charge in [-0.2, -0.15) is 11.3 Å². The molecule has 0 aliphatic carbocycles. The normalized spacial score (nSPS) is 9.30. The molecule has 3 heteroatoms. The van der Waals surface area contributed by atoms with E-state index in [9.17, 15) is 4.79 Å². The second kappa shape index (κ2) is 3.37. The number of hydrogen-bond donors (Lipinski definition) is 0. The molecule has 1 aromatic heterocycles. The highest BCUT2D eigenvalue weighted by Gasteiger charge is 1.97. The number of carbonyl (C=O) groups excluding carboxylic acids is 1. The van der Waals surface area contributed by atoms with Gasteiger partial charge in [0.1, 0.15) is 6.29 Å². The van der Waals surface area contributed by atoms with Gasteiger partial charge in [-0.15, -0.1) is 0 Å². The third-order valence-electron chi connectivity index (χ3n) is 1.30. The molecule has 0 radical (unpaired) electrons. The van der Waals surface area contributed by atoms with E-state index in [-0.39, 0.29) is 0 Å². The van der Waals surface area contributed by atoms with Crippen LogP contribution in [0.15, 0.2) is 16.8 Å². The van der Waals surface area contributed by atoms with E-state index >= 15 is 0 Å². The summed E-state index contributed by atoms with van der Waals surface area (Å²) in [5.74, 6) is 0. The number of rotatable bonds is 3. The molecule has 2 nitrogen and oxygen atoms in total. The van der Waals surface area contributed by atoms with E-state index in [1.165, 1.54) is 0 Å². The van der Waals surface area contributed by atoms with Gasteiger partial charge in [0.15, 0.2) is 0 Å². The average molecular weight is 155 g/mol. The second-order valence-corrected chi connectivity index (χ2v) is 2.81. The Bertz CT molecular complexity index is 195. The summed E-state index contributed by atoms with van der Waals surface area (Å²) in [6.45, 7) is 0.469. The van der Waals surface area contributed by atoms with Gasteiger partial charge in [-0.3, -0.25) is 0 Å². The highest BCUT2D eigenvalue weighted by molar-refractivity contribution is 7.08. The molecular weight excluding hydrogens is 146 g/mol. The summed E-state index contributed by atoms with van der Waals surface area (Å²) in [7, 11) is 1.90. The van der Waals surface area contributed by atoms with Crippen LogP contribution in [0.5, 0.6) is 0 Å². The van der Waals surface area contributed by atoms with Crippen molar-refractivity contribution in [3.8, 4) is 0 Å². The molecule has 0 N–H and O–H groups in total. The van der Waals surface area contributed by atoms with Gasteiger partial charge in [-0.1, -0.05) is 0 Å². The number of thiophene rings is 1. The van der Waals surface area contributed by atoms with Crippen LogP contribution >= 0.6 is 11.3 Å². The molecule has 0 fully saturated rings. The molecule has 1 heterocycles. The summed E-state index contributed by atoms with van der Waals surface area (Å²) in [5.41, 5.74) is 1.11. The van der Waals surface area contributed by atoms with Gasteiger partial charge in [0, 0.05) is 18.1 Å². The van der Waals surface area contributed by atoms with Gasteiger partial charge < -0.3 is 9.69 Å². The lowest BCUT2D eigenvalue weighted by atomic mass is 10.4. The minimum atomic E-state index is 0.469. The number of nitrogens with zero attached hydrogens (tertiary/aromatic N) is 1. The highest BCUT2D eigenvalue weighted by atomic mass is 32.1. The third-order valence-corrected chi connectivity index (χ3v) is 1.97. The van der Waals surface area contributed by atoms with E-state index in [4.69, 9.17) is 0 Å². The van der Waals surface area contributed by atoms with E-state index in [0.717, 1.165) is 12.0 Å². The predicted octanol–water partition coefficient (Wildman–Crippen LogP) is 1.38. The SMILES string of the molecule is CN(CC=O)c1ccsc1. The van der Waals surface area contributed by atoms with E-state index in [0.29, 0.717) is 6.54 Å². The van der Waals surface area contributed by atoms with Crippen LogP contribution in [0.2, 0.25) is 0 Å². The molecule has 1 rings (SSSR count). The maximum atomic E-state index is 10.1. The molecule has 0 spiro atoms. The Hall–Kier alpha value is -0.830. The predicted molar refractivity (Wildman–Crippen MR) is 43.7 cm³/mol. The fraction of sp³-hybridized carbons (Fsp3) is 0.286. The van der Waals surface area contributed by atoms with Crippen molar-refractivity contribution in [1.29, 1.82) is 0 Å². The first kappa shape index (κ1) is 7.28. The van der Waals surface area contributed by atoms with Gasteiger partial charge in [0.05, 0.1) is 6.54 Å². The zero-order valence-corrected chi connectivity index (χ0v) is 6.60. The largest absolute Gasteiger partial charge is 0.367 e. The Labute approximate surface area is 64.1 Å². The number of aldehydes is 1. The maximum absolute atomic E-state index is 10.1. The smallest absolute Gasteiger partial charge is 0.139 e. The molecule has 0 aliphatic rings. The molecule has 1 aromatic rings. The monoisotopic (exact) mass is 155 g/mol. The summed E-state index contributed by atoms with van der Waals surface area (Å²) in [6, 6.07) is 1.99.